The average molecular weight is 833 g/mol. The molecule has 300 valence electrons. The lowest BCUT2D eigenvalue weighted by Gasteiger charge is -2.34. The molecule has 0 atom stereocenters. The van der Waals surface area contributed by atoms with Gasteiger partial charge in [0.15, 0.2) is 0 Å². The summed E-state index contributed by atoms with van der Waals surface area (Å²) < 4.78 is 5.04. The highest BCUT2D eigenvalue weighted by atomic mass is 32.1. The number of thiophene rings is 1. The van der Waals surface area contributed by atoms with Crippen LogP contribution in [-0.2, 0) is 5.41 Å². The highest BCUT2D eigenvalue weighted by molar-refractivity contribution is 7.25. The van der Waals surface area contributed by atoms with Crippen LogP contribution in [-0.4, -0.2) is 4.57 Å². The molecule has 1 aliphatic rings. The first kappa shape index (κ1) is 36.7. The molecule has 12 aromatic rings. The minimum atomic E-state index is -0.474. The highest BCUT2D eigenvalue weighted by Crippen LogP contribution is 2.56. The normalized spacial score (nSPS) is 12.8. The number of benzene rings is 10. The van der Waals surface area contributed by atoms with Crippen LogP contribution in [0.15, 0.2) is 243 Å². The summed E-state index contributed by atoms with van der Waals surface area (Å²) >= 11 is 1.86. The second-order valence-corrected chi connectivity index (χ2v) is 17.9. The predicted molar refractivity (Wildman–Crippen MR) is 271 cm³/mol. The number of fused-ring (bicyclic) bond motifs is 9. The van der Waals surface area contributed by atoms with Crippen LogP contribution >= 0.6 is 11.3 Å². The van der Waals surface area contributed by atoms with Crippen molar-refractivity contribution < 1.29 is 0 Å². The van der Waals surface area contributed by atoms with E-state index in [2.05, 4.69) is 252 Å². The quantitative estimate of drug-likeness (QED) is 0.155. The summed E-state index contributed by atoms with van der Waals surface area (Å²) in [4.78, 5) is 2.43. The number of rotatable bonds is 7. The van der Waals surface area contributed by atoms with Crippen molar-refractivity contribution in [2.75, 3.05) is 4.90 Å². The molecule has 0 unspecified atom stereocenters. The van der Waals surface area contributed by atoms with Crippen LogP contribution in [0.5, 0.6) is 0 Å². The monoisotopic (exact) mass is 832 g/mol. The van der Waals surface area contributed by atoms with Crippen molar-refractivity contribution in [2.24, 2.45) is 0 Å². The van der Waals surface area contributed by atoms with Crippen LogP contribution < -0.4 is 4.90 Å². The number of nitrogens with zero attached hydrogens (tertiary/aromatic N) is 2. The summed E-state index contributed by atoms with van der Waals surface area (Å²) in [6.07, 6.45) is 0. The molecule has 0 spiro atoms. The van der Waals surface area contributed by atoms with E-state index in [1.807, 2.05) is 11.3 Å². The smallest absolute Gasteiger partial charge is 0.0713 e. The van der Waals surface area contributed by atoms with E-state index in [1.54, 1.807) is 0 Å². The summed E-state index contributed by atoms with van der Waals surface area (Å²) in [6, 6.07) is 89.6. The summed E-state index contributed by atoms with van der Waals surface area (Å²) in [5.41, 5.74) is 16.4. The number of hydrogen-bond acceptors (Lipinski definition) is 2. The van der Waals surface area contributed by atoms with Gasteiger partial charge in [-0.1, -0.05) is 170 Å². The maximum atomic E-state index is 2.43. The Hall–Kier alpha value is -7.98. The minimum absolute atomic E-state index is 0.474. The molecule has 0 aliphatic heterocycles. The SMILES string of the molecule is c1ccc(C2(c3ccc(N(c4cccc(-c5ccc6sc7ccccc7c6c5)c4)c4cccc(-n5c6ccccc6c6ccccc65)c4)cc3)c3ccccc3-c3ccccc32)cc1. The van der Waals surface area contributed by atoms with Crippen molar-refractivity contribution in [3.05, 3.63) is 265 Å². The standard InChI is InChI=1S/C61H40N2S/c1-2-17-43(18-3-1)61(55-27-9-4-22-49(55)50-23-5-10-28-56(50)61)44-33-35-45(36-34-44)62(46-19-14-16-41(38-46)42-32-37-60-54(39-42)53-26-8-13-31-59(53)64-60)47-20-15-21-48(40-47)63-57-29-11-6-24-51(57)52-25-7-12-30-58(52)63/h1-40H. The Morgan fingerprint density at radius 1 is 0.344 bits per heavy atom. The summed E-state index contributed by atoms with van der Waals surface area (Å²) in [6.45, 7) is 0. The molecule has 3 heteroatoms. The highest BCUT2D eigenvalue weighted by Gasteiger charge is 2.45. The third kappa shape index (κ3) is 5.51. The molecular weight excluding hydrogens is 793 g/mol. The molecule has 0 radical (unpaired) electrons. The molecule has 10 aromatic carbocycles. The Labute approximate surface area is 376 Å². The fourth-order valence-electron chi connectivity index (χ4n) is 10.7. The van der Waals surface area contributed by atoms with E-state index in [9.17, 15) is 0 Å². The topological polar surface area (TPSA) is 8.17 Å². The molecule has 2 heterocycles. The van der Waals surface area contributed by atoms with Gasteiger partial charge in [0.2, 0.25) is 0 Å². The van der Waals surface area contributed by atoms with Crippen molar-refractivity contribution in [1.82, 2.24) is 4.57 Å². The molecule has 2 nitrogen and oxygen atoms in total. The van der Waals surface area contributed by atoms with E-state index in [1.165, 1.54) is 86.5 Å². The second kappa shape index (κ2) is 14.6. The molecule has 0 fully saturated rings. The van der Waals surface area contributed by atoms with Gasteiger partial charge in [-0.25, -0.2) is 0 Å². The molecular formula is C61H40N2S. The zero-order valence-corrected chi connectivity index (χ0v) is 35.7. The first-order valence-electron chi connectivity index (χ1n) is 22.0. The molecule has 2 aromatic heterocycles. The molecule has 0 saturated carbocycles. The average Bonchev–Trinajstić information content (AvgIpc) is 4.01. The van der Waals surface area contributed by atoms with Crippen LogP contribution in [0.1, 0.15) is 22.3 Å². The zero-order valence-electron chi connectivity index (χ0n) is 34.9. The van der Waals surface area contributed by atoms with Crippen molar-refractivity contribution in [1.29, 1.82) is 0 Å². The molecule has 0 amide bonds. The Bertz CT molecular complexity index is 3640. The third-order valence-corrected chi connectivity index (χ3v) is 14.6. The molecule has 0 N–H and O–H groups in total. The van der Waals surface area contributed by atoms with E-state index in [4.69, 9.17) is 0 Å². The number of para-hydroxylation sites is 2. The van der Waals surface area contributed by atoms with Crippen molar-refractivity contribution in [3.63, 3.8) is 0 Å². The molecule has 0 saturated heterocycles. The van der Waals surface area contributed by atoms with Gasteiger partial charge in [-0.05, 0) is 117 Å². The lowest BCUT2D eigenvalue weighted by Crippen LogP contribution is -2.28. The van der Waals surface area contributed by atoms with Crippen LogP contribution in [0.25, 0.3) is 69.9 Å². The van der Waals surface area contributed by atoms with Crippen molar-refractivity contribution in [2.45, 2.75) is 5.41 Å². The van der Waals surface area contributed by atoms with E-state index < -0.39 is 5.41 Å². The lowest BCUT2D eigenvalue weighted by molar-refractivity contribution is 0.768. The number of anilines is 3. The van der Waals surface area contributed by atoms with E-state index >= 15 is 0 Å². The molecule has 64 heavy (non-hydrogen) atoms. The third-order valence-electron chi connectivity index (χ3n) is 13.5. The lowest BCUT2D eigenvalue weighted by atomic mass is 9.68. The Kier molecular flexibility index (Phi) is 8.34. The Balaban J connectivity index is 1.00. The van der Waals surface area contributed by atoms with Crippen LogP contribution in [0, 0.1) is 0 Å². The van der Waals surface area contributed by atoms with Gasteiger partial charge in [0.25, 0.3) is 0 Å². The van der Waals surface area contributed by atoms with Crippen LogP contribution in [0.3, 0.4) is 0 Å². The maximum Gasteiger partial charge on any atom is 0.0713 e. The van der Waals surface area contributed by atoms with Crippen LogP contribution in [0.2, 0.25) is 0 Å². The van der Waals surface area contributed by atoms with Gasteiger partial charge < -0.3 is 9.47 Å². The number of aromatic nitrogens is 1. The summed E-state index contributed by atoms with van der Waals surface area (Å²) in [5.74, 6) is 0. The van der Waals surface area contributed by atoms with Gasteiger partial charge in [0.1, 0.15) is 0 Å². The van der Waals surface area contributed by atoms with E-state index in [0.717, 1.165) is 22.7 Å². The largest absolute Gasteiger partial charge is 0.310 e. The van der Waals surface area contributed by atoms with Gasteiger partial charge in [-0.2, -0.15) is 0 Å². The number of hydrogen-bond donors (Lipinski definition) is 0. The first-order valence-corrected chi connectivity index (χ1v) is 22.8. The Morgan fingerprint density at radius 2 is 0.891 bits per heavy atom. The summed E-state index contributed by atoms with van der Waals surface area (Å²) in [7, 11) is 0. The molecule has 13 rings (SSSR count). The molecule has 1 aliphatic carbocycles. The van der Waals surface area contributed by atoms with E-state index in [0.29, 0.717) is 0 Å². The van der Waals surface area contributed by atoms with Gasteiger partial charge in [0, 0.05) is 53.7 Å². The fourth-order valence-corrected chi connectivity index (χ4v) is 11.8. The predicted octanol–water partition coefficient (Wildman–Crippen LogP) is 16.7. The van der Waals surface area contributed by atoms with Gasteiger partial charge >= 0.3 is 0 Å². The van der Waals surface area contributed by atoms with Gasteiger partial charge in [-0.3, -0.25) is 0 Å². The van der Waals surface area contributed by atoms with E-state index in [-0.39, 0.29) is 0 Å². The van der Waals surface area contributed by atoms with Crippen molar-refractivity contribution >= 4 is 70.4 Å². The minimum Gasteiger partial charge on any atom is -0.310 e. The Morgan fingerprint density at radius 3 is 1.61 bits per heavy atom. The zero-order chi connectivity index (χ0) is 42.2. The van der Waals surface area contributed by atoms with Gasteiger partial charge in [-0.15, -0.1) is 11.3 Å². The van der Waals surface area contributed by atoms with Gasteiger partial charge in [0.05, 0.1) is 16.4 Å². The fraction of sp³-hybridized carbons (Fsp3) is 0.0164. The summed E-state index contributed by atoms with van der Waals surface area (Å²) in [5, 5.41) is 5.12. The van der Waals surface area contributed by atoms with Crippen molar-refractivity contribution in [3.8, 4) is 27.9 Å². The first-order chi connectivity index (χ1) is 31.7. The molecule has 0 bridgehead atoms. The maximum absolute atomic E-state index is 2.43. The second-order valence-electron chi connectivity index (χ2n) is 16.8. The van der Waals surface area contributed by atoms with Crippen LogP contribution in [0.4, 0.5) is 17.1 Å².